The molecule has 214 valence electrons. The first kappa shape index (κ1) is 27.7. The van der Waals surface area contributed by atoms with E-state index in [0.717, 1.165) is 5.56 Å². The van der Waals surface area contributed by atoms with Gasteiger partial charge in [0.1, 0.15) is 12.3 Å². The number of oxime groups is 1. The molecule has 41 heavy (non-hydrogen) atoms. The number of allylic oxidation sites excluding steroid dienone is 1. The zero-order valence-electron chi connectivity index (χ0n) is 22.3. The van der Waals surface area contributed by atoms with Gasteiger partial charge in [-0.3, -0.25) is 19.3 Å². The van der Waals surface area contributed by atoms with Crippen molar-refractivity contribution in [3.8, 4) is 11.5 Å². The van der Waals surface area contributed by atoms with E-state index in [1.165, 1.54) is 6.08 Å². The Bertz CT molecular complexity index is 1390. The Labute approximate surface area is 236 Å². The number of ether oxygens (including phenoxy) is 3. The maximum absolute atomic E-state index is 13.1. The monoisotopic (exact) mass is 561 g/mol. The SMILES string of the molecule is NC1=CC(=NO)C(N2CCN(CC(=O)NC(CC(=O)OCc3ccccc3)c3ccc4c(c3)OCO4)CC2=O)C=C1. The van der Waals surface area contributed by atoms with Crippen LogP contribution in [0.3, 0.4) is 0 Å². The first-order valence-corrected chi connectivity index (χ1v) is 13.2. The lowest BCUT2D eigenvalue weighted by atomic mass is 10.0. The predicted molar refractivity (Wildman–Crippen MR) is 147 cm³/mol. The second-order valence-electron chi connectivity index (χ2n) is 9.85. The minimum atomic E-state index is -0.690. The zero-order valence-corrected chi connectivity index (χ0v) is 22.3. The summed E-state index contributed by atoms with van der Waals surface area (Å²) in [6, 6.07) is 13.3. The Morgan fingerprint density at radius 3 is 2.73 bits per heavy atom. The van der Waals surface area contributed by atoms with Crippen molar-refractivity contribution < 1.29 is 33.8 Å². The van der Waals surface area contributed by atoms with Crippen LogP contribution in [0, 0.1) is 0 Å². The van der Waals surface area contributed by atoms with Crippen molar-refractivity contribution in [3.05, 3.63) is 83.6 Å². The van der Waals surface area contributed by atoms with Crippen molar-refractivity contribution in [1.82, 2.24) is 15.1 Å². The van der Waals surface area contributed by atoms with E-state index in [4.69, 9.17) is 19.9 Å². The Morgan fingerprint density at radius 2 is 1.95 bits per heavy atom. The molecule has 2 aromatic rings. The summed E-state index contributed by atoms with van der Waals surface area (Å²) < 4.78 is 16.3. The summed E-state index contributed by atoms with van der Waals surface area (Å²) in [6.07, 6.45) is 4.78. The molecule has 0 aromatic heterocycles. The van der Waals surface area contributed by atoms with Crippen LogP contribution in [0.25, 0.3) is 0 Å². The minimum Gasteiger partial charge on any atom is -0.461 e. The van der Waals surface area contributed by atoms with Crippen molar-refractivity contribution >= 4 is 23.5 Å². The predicted octanol–water partition coefficient (Wildman–Crippen LogP) is 1.46. The van der Waals surface area contributed by atoms with Crippen LogP contribution < -0.4 is 20.5 Å². The quantitative estimate of drug-likeness (QED) is 0.234. The second kappa shape index (κ2) is 12.6. The van der Waals surface area contributed by atoms with Gasteiger partial charge >= 0.3 is 5.97 Å². The third-order valence-corrected chi connectivity index (χ3v) is 6.99. The summed E-state index contributed by atoms with van der Waals surface area (Å²) in [6.45, 7) is 0.925. The molecule has 5 rings (SSSR count). The van der Waals surface area contributed by atoms with Crippen molar-refractivity contribution in [3.63, 3.8) is 0 Å². The fraction of sp³-hybridized carbons (Fsp3) is 0.310. The number of benzene rings is 2. The van der Waals surface area contributed by atoms with Crippen molar-refractivity contribution in [2.24, 2.45) is 10.9 Å². The third kappa shape index (κ3) is 6.84. The number of hydrogen-bond donors (Lipinski definition) is 3. The molecule has 2 aliphatic heterocycles. The summed E-state index contributed by atoms with van der Waals surface area (Å²) >= 11 is 0. The van der Waals surface area contributed by atoms with Gasteiger partial charge in [0, 0.05) is 18.8 Å². The molecule has 3 aliphatic rings. The fourth-order valence-electron chi connectivity index (χ4n) is 4.91. The molecular weight excluding hydrogens is 530 g/mol. The van der Waals surface area contributed by atoms with E-state index in [-0.39, 0.29) is 50.4 Å². The van der Waals surface area contributed by atoms with Gasteiger partial charge in [0.25, 0.3) is 0 Å². The molecular formula is C29H31N5O7. The molecule has 1 aliphatic carbocycles. The molecule has 1 fully saturated rings. The van der Waals surface area contributed by atoms with Crippen molar-refractivity contribution in [2.45, 2.75) is 25.1 Å². The van der Waals surface area contributed by atoms with Gasteiger partial charge in [-0.2, -0.15) is 0 Å². The lowest BCUT2D eigenvalue weighted by Crippen LogP contribution is -2.57. The minimum absolute atomic E-state index is 0.00345. The standard InChI is InChI=1S/C29H31N5O7/c30-21-7-8-24(23(13-21)32-38)34-11-10-33(16-28(34)36)15-27(35)31-22(20-6-9-25-26(12-20)41-18-40-25)14-29(37)39-17-19-4-2-1-3-5-19/h1-9,12-13,22,24,38H,10-11,14-18,30H2,(H,31,35). The molecule has 1 saturated heterocycles. The number of carbonyl (C=O) groups excluding carboxylic acids is 3. The van der Waals surface area contributed by atoms with Crippen LogP contribution in [-0.4, -0.2) is 77.5 Å². The van der Waals surface area contributed by atoms with Crippen LogP contribution in [-0.2, 0) is 25.7 Å². The number of nitrogens with two attached hydrogens (primary N) is 1. The number of nitrogens with zero attached hydrogens (tertiary/aromatic N) is 3. The Balaban J connectivity index is 1.21. The topological polar surface area (TPSA) is 156 Å². The van der Waals surface area contributed by atoms with Gasteiger partial charge in [-0.1, -0.05) is 47.6 Å². The van der Waals surface area contributed by atoms with E-state index in [9.17, 15) is 19.6 Å². The molecule has 2 heterocycles. The van der Waals surface area contributed by atoms with E-state index in [1.54, 1.807) is 40.2 Å². The van der Waals surface area contributed by atoms with Crippen molar-refractivity contribution in [1.29, 1.82) is 0 Å². The number of amides is 2. The van der Waals surface area contributed by atoms with E-state index >= 15 is 0 Å². The van der Waals surface area contributed by atoms with Gasteiger partial charge in [0.05, 0.1) is 31.6 Å². The highest BCUT2D eigenvalue weighted by molar-refractivity contribution is 6.04. The molecule has 0 radical (unpaired) electrons. The fourth-order valence-corrected chi connectivity index (χ4v) is 4.91. The largest absolute Gasteiger partial charge is 0.461 e. The number of esters is 1. The van der Waals surface area contributed by atoms with E-state index in [0.29, 0.717) is 35.8 Å². The Morgan fingerprint density at radius 1 is 1.15 bits per heavy atom. The molecule has 2 atom stereocenters. The van der Waals surface area contributed by atoms with Gasteiger partial charge < -0.3 is 35.4 Å². The average molecular weight is 562 g/mol. The zero-order chi connectivity index (χ0) is 28.8. The van der Waals surface area contributed by atoms with Crippen LogP contribution in [0.1, 0.15) is 23.6 Å². The molecule has 4 N–H and O–H groups in total. The third-order valence-electron chi connectivity index (χ3n) is 6.99. The first-order valence-electron chi connectivity index (χ1n) is 13.2. The molecule has 2 unspecified atom stereocenters. The van der Waals surface area contributed by atoms with Gasteiger partial charge in [-0.25, -0.2) is 0 Å². The van der Waals surface area contributed by atoms with Gasteiger partial charge in [0.15, 0.2) is 11.5 Å². The molecule has 2 amide bonds. The lowest BCUT2D eigenvalue weighted by Gasteiger charge is -2.38. The van der Waals surface area contributed by atoms with Crippen LogP contribution in [0.4, 0.5) is 0 Å². The summed E-state index contributed by atoms with van der Waals surface area (Å²) in [7, 11) is 0. The van der Waals surface area contributed by atoms with E-state index < -0.39 is 18.1 Å². The second-order valence-corrected chi connectivity index (χ2v) is 9.85. The highest BCUT2D eigenvalue weighted by atomic mass is 16.7. The number of nitrogens with one attached hydrogen (secondary N) is 1. The van der Waals surface area contributed by atoms with Crippen molar-refractivity contribution in [2.75, 3.05) is 33.0 Å². The maximum Gasteiger partial charge on any atom is 0.308 e. The molecule has 0 saturated carbocycles. The Kier molecular flexibility index (Phi) is 8.49. The Hall–Kier alpha value is -4.84. The smallest absolute Gasteiger partial charge is 0.308 e. The van der Waals surface area contributed by atoms with Gasteiger partial charge in [-0.05, 0) is 35.4 Å². The molecule has 0 spiro atoms. The van der Waals surface area contributed by atoms with Crippen LogP contribution in [0.15, 0.2) is 77.6 Å². The number of hydrogen-bond acceptors (Lipinski definition) is 10. The number of piperazine rings is 1. The highest BCUT2D eigenvalue weighted by Crippen LogP contribution is 2.35. The van der Waals surface area contributed by atoms with Crippen LogP contribution in [0.5, 0.6) is 11.5 Å². The number of carbonyl (C=O) groups is 3. The van der Waals surface area contributed by atoms with E-state index in [1.807, 2.05) is 30.3 Å². The summed E-state index contributed by atoms with van der Waals surface area (Å²) in [5.74, 6) is 0.0703. The summed E-state index contributed by atoms with van der Waals surface area (Å²) in [5, 5.41) is 15.6. The summed E-state index contributed by atoms with van der Waals surface area (Å²) in [5.41, 5.74) is 7.99. The highest BCUT2D eigenvalue weighted by Gasteiger charge is 2.33. The number of fused-ring (bicyclic) bond motifs is 1. The average Bonchev–Trinajstić information content (AvgIpc) is 3.45. The van der Waals surface area contributed by atoms with Gasteiger partial charge in [-0.15, -0.1) is 0 Å². The normalized spacial score (nSPS) is 20.0. The van der Waals surface area contributed by atoms with Crippen LogP contribution in [0.2, 0.25) is 0 Å². The number of rotatable bonds is 9. The summed E-state index contributed by atoms with van der Waals surface area (Å²) in [4.78, 5) is 42.2. The molecule has 12 nitrogen and oxygen atoms in total. The first-order chi connectivity index (χ1) is 19.9. The molecule has 12 heteroatoms. The molecule has 2 aromatic carbocycles. The van der Waals surface area contributed by atoms with Gasteiger partial charge in [0.2, 0.25) is 18.6 Å². The van der Waals surface area contributed by atoms with E-state index in [2.05, 4.69) is 10.5 Å². The lowest BCUT2D eigenvalue weighted by molar-refractivity contribution is -0.145. The maximum atomic E-state index is 13.1. The van der Waals surface area contributed by atoms with Crippen LogP contribution >= 0.6 is 0 Å². The molecule has 0 bridgehead atoms.